The summed E-state index contributed by atoms with van der Waals surface area (Å²) in [7, 11) is 0. The van der Waals surface area contributed by atoms with Crippen molar-refractivity contribution in [1.82, 2.24) is 0 Å². The topological polar surface area (TPSA) is 43.1 Å². The predicted octanol–water partition coefficient (Wildman–Crippen LogP) is 4.71. The molecule has 19 heavy (non-hydrogen) atoms. The molecule has 0 radical (unpaired) electrons. The maximum absolute atomic E-state index is 12.1. The van der Waals surface area contributed by atoms with E-state index in [1.807, 2.05) is 20.8 Å². The highest BCUT2D eigenvalue weighted by molar-refractivity contribution is 14.0. The Bertz CT molecular complexity index is 281. The SMILES string of the molecule is C=C(C)C(=O)C(C)C(CCCCCC)C(C)(C)N.I. The van der Waals surface area contributed by atoms with Crippen molar-refractivity contribution in [2.75, 3.05) is 0 Å². The Kier molecular flexibility index (Phi) is 11.2. The first-order valence-corrected chi connectivity index (χ1v) is 7.20. The molecule has 3 heteroatoms. The molecule has 0 aromatic heterocycles. The third-order valence-electron chi connectivity index (χ3n) is 3.76. The van der Waals surface area contributed by atoms with Gasteiger partial charge in [0.25, 0.3) is 0 Å². The highest BCUT2D eigenvalue weighted by Crippen LogP contribution is 2.30. The zero-order chi connectivity index (χ0) is 14.3. The van der Waals surface area contributed by atoms with E-state index in [-0.39, 0.29) is 47.1 Å². The van der Waals surface area contributed by atoms with Gasteiger partial charge in [0.1, 0.15) is 0 Å². The van der Waals surface area contributed by atoms with Crippen LogP contribution in [0.4, 0.5) is 0 Å². The van der Waals surface area contributed by atoms with Gasteiger partial charge in [-0.1, -0.05) is 46.1 Å². The highest BCUT2D eigenvalue weighted by atomic mass is 127. The molecule has 0 aromatic rings. The Hall–Kier alpha value is 0.1000. The van der Waals surface area contributed by atoms with Gasteiger partial charge in [0.05, 0.1) is 0 Å². The number of Topliss-reactive ketones (excluding diaryl/α,β-unsaturated/α-hetero) is 1. The predicted molar refractivity (Wildman–Crippen MR) is 94.9 cm³/mol. The zero-order valence-corrected chi connectivity index (χ0v) is 15.6. The standard InChI is InChI=1S/C16H31NO.HI/c1-7-8-9-10-11-14(16(5,6)17)13(4)15(18)12(2)3;/h13-14H,2,7-11,17H2,1,3-6H3;1H. The lowest BCUT2D eigenvalue weighted by Gasteiger charge is -2.35. The molecule has 0 amide bonds. The van der Waals surface area contributed by atoms with Crippen molar-refractivity contribution >= 4 is 29.8 Å². The minimum atomic E-state index is -0.309. The second-order valence-electron chi connectivity index (χ2n) is 6.21. The van der Waals surface area contributed by atoms with Gasteiger partial charge >= 0.3 is 0 Å². The van der Waals surface area contributed by atoms with Crippen LogP contribution in [-0.4, -0.2) is 11.3 Å². The molecule has 0 aromatic carbocycles. The fraction of sp³-hybridized carbons (Fsp3) is 0.812. The second kappa shape index (κ2) is 9.92. The summed E-state index contributed by atoms with van der Waals surface area (Å²) in [6, 6.07) is 0. The highest BCUT2D eigenvalue weighted by Gasteiger charge is 2.33. The van der Waals surface area contributed by atoms with E-state index in [1.165, 1.54) is 19.3 Å². The van der Waals surface area contributed by atoms with Crippen molar-refractivity contribution in [2.45, 2.75) is 72.3 Å². The number of carbonyl (C=O) groups excluding carboxylic acids is 1. The van der Waals surface area contributed by atoms with Crippen LogP contribution in [0.25, 0.3) is 0 Å². The number of rotatable bonds is 9. The van der Waals surface area contributed by atoms with Crippen LogP contribution < -0.4 is 5.73 Å². The Morgan fingerprint density at radius 3 is 2.16 bits per heavy atom. The quantitative estimate of drug-likeness (QED) is 0.357. The van der Waals surface area contributed by atoms with Gasteiger partial charge in [-0.15, -0.1) is 24.0 Å². The third-order valence-corrected chi connectivity index (χ3v) is 3.76. The summed E-state index contributed by atoms with van der Waals surface area (Å²) in [5, 5.41) is 0. The smallest absolute Gasteiger partial charge is 0.161 e. The van der Waals surface area contributed by atoms with E-state index < -0.39 is 0 Å². The molecule has 0 aliphatic rings. The number of allylic oxidation sites excluding steroid dienone is 1. The Balaban J connectivity index is 0. The molecule has 2 nitrogen and oxygen atoms in total. The van der Waals surface area contributed by atoms with Gasteiger partial charge in [0.15, 0.2) is 5.78 Å². The molecule has 2 unspecified atom stereocenters. The van der Waals surface area contributed by atoms with Crippen molar-refractivity contribution in [1.29, 1.82) is 0 Å². The number of ketones is 1. The number of nitrogens with two attached hydrogens (primary N) is 1. The third kappa shape index (κ3) is 8.08. The van der Waals surface area contributed by atoms with Crippen LogP contribution in [0, 0.1) is 11.8 Å². The monoisotopic (exact) mass is 381 g/mol. The van der Waals surface area contributed by atoms with Gasteiger partial charge in [0, 0.05) is 11.5 Å². The molecule has 0 fully saturated rings. The van der Waals surface area contributed by atoms with E-state index in [1.54, 1.807) is 6.92 Å². The number of hydrogen-bond donors (Lipinski definition) is 1. The molecule has 0 rings (SSSR count). The van der Waals surface area contributed by atoms with Crippen molar-refractivity contribution in [2.24, 2.45) is 17.6 Å². The average molecular weight is 381 g/mol. The van der Waals surface area contributed by atoms with Gasteiger partial charge in [-0.25, -0.2) is 0 Å². The molecule has 0 aliphatic heterocycles. The van der Waals surface area contributed by atoms with Gasteiger partial charge in [-0.3, -0.25) is 4.79 Å². The minimum Gasteiger partial charge on any atom is -0.325 e. The lowest BCUT2D eigenvalue weighted by molar-refractivity contribution is -0.121. The zero-order valence-electron chi connectivity index (χ0n) is 13.3. The van der Waals surface area contributed by atoms with Crippen molar-refractivity contribution < 1.29 is 4.79 Å². The molecule has 0 saturated heterocycles. The molecule has 0 bridgehead atoms. The van der Waals surface area contributed by atoms with E-state index in [0.717, 1.165) is 12.8 Å². The van der Waals surface area contributed by atoms with Crippen LogP contribution in [0.1, 0.15) is 66.7 Å². The van der Waals surface area contributed by atoms with Crippen molar-refractivity contribution in [3.63, 3.8) is 0 Å². The maximum atomic E-state index is 12.1. The first-order valence-electron chi connectivity index (χ1n) is 7.20. The second-order valence-corrected chi connectivity index (χ2v) is 6.21. The van der Waals surface area contributed by atoms with Gasteiger partial charge in [-0.05, 0) is 38.7 Å². The van der Waals surface area contributed by atoms with Crippen LogP contribution in [-0.2, 0) is 4.79 Å². The van der Waals surface area contributed by atoms with Crippen LogP contribution in [0.15, 0.2) is 12.2 Å². The van der Waals surface area contributed by atoms with Crippen molar-refractivity contribution in [3.05, 3.63) is 12.2 Å². The normalized spacial score (nSPS) is 14.4. The van der Waals surface area contributed by atoms with E-state index in [4.69, 9.17) is 5.73 Å². The minimum absolute atomic E-state index is 0. The summed E-state index contributed by atoms with van der Waals surface area (Å²) in [4.78, 5) is 12.1. The summed E-state index contributed by atoms with van der Waals surface area (Å²) in [6.45, 7) is 13.8. The molecular formula is C16H32INO. The summed E-state index contributed by atoms with van der Waals surface area (Å²) >= 11 is 0. The largest absolute Gasteiger partial charge is 0.325 e. The Morgan fingerprint density at radius 1 is 1.26 bits per heavy atom. The summed E-state index contributed by atoms with van der Waals surface area (Å²) in [5.74, 6) is 0.372. The summed E-state index contributed by atoms with van der Waals surface area (Å²) < 4.78 is 0. The van der Waals surface area contributed by atoms with E-state index in [2.05, 4.69) is 13.5 Å². The number of halogens is 1. The molecule has 2 N–H and O–H groups in total. The van der Waals surface area contributed by atoms with E-state index >= 15 is 0 Å². The molecule has 0 spiro atoms. The van der Waals surface area contributed by atoms with Crippen LogP contribution in [0.3, 0.4) is 0 Å². The van der Waals surface area contributed by atoms with Crippen LogP contribution in [0.5, 0.6) is 0 Å². The van der Waals surface area contributed by atoms with Crippen molar-refractivity contribution in [3.8, 4) is 0 Å². The molecule has 0 aliphatic carbocycles. The molecule has 0 saturated carbocycles. The van der Waals surface area contributed by atoms with E-state index in [9.17, 15) is 4.79 Å². The number of hydrogen-bond acceptors (Lipinski definition) is 2. The fourth-order valence-corrected chi connectivity index (χ4v) is 2.63. The lowest BCUT2D eigenvalue weighted by atomic mass is 9.73. The lowest BCUT2D eigenvalue weighted by Crippen LogP contribution is -2.46. The van der Waals surface area contributed by atoms with Gasteiger partial charge < -0.3 is 5.73 Å². The van der Waals surface area contributed by atoms with E-state index in [0.29, 0.717) is 5.57 Å². The average Bonchev–Trinajstić information content (AvgIpc) is 2.25. The number of unbranched alkanes of at least 4 members (excludes halogenated alkanes) is 3. The van der Waals surface area contributed by atoms with Gasteiger partial charge in [0.2, 0.25) is 0 Å². The molecule has 2 atom stereocenters. The first-order chi connectivity index (χ1) is 8.21. The molecule has 114 valence electrons. The summed E-state index contributed by atoms with van der Waals surface area (Å²) in [6.07, 6.45) is 5.92. The maximum Gasteiger partial charge on any atom is 0.161 e. The molecular weight excluding hydrogens is 349 g/mol. The Morgan fingerprint density at radius 2 is 1.79 bits per heavy atom. The molecule has 0 heterocycles. The number of carbonyl (C=O) groups is 1. The van der Waals surface area contributed by atoms with Crippen LogP contribution in [0.2, 0.25) is 0 Å². The van der Waals surface area contributed by atoms with Gasteiger partial charge in [-0.2, -0.15) is 0 Å². The fourth-order valence-electron chi connectivity index (χ4n) is 2.63. The summed E-state index contributed by atoms with van der Waals surface area (Å²) in [5.41, 5.74) is 6.59. The van der Waals surface area contributed by atoms with Crippen LogP contribution >= 0.6 is 24.0 Å². The first kappa shape index (κ1) is 21.4. The Labute approximate surface area is 136 Å².